The molecule has 0 N–H and O–H groups in total. The monoisotopic (exact) mass is 424 g/mol. The number of pyridine rings is 1. The number of aryl methyl sites for hydroxylation is 1. The smallest absolute Gasteiger partial charge is 0.254 e. The average Bonchev–Trinajstić information content (AvgIpc) is 3.29. The standard InChI is InChI=1S/C21H21BrN4O/c1-14-20(22)15(2)26(24-14)18-7-5-17(6-8-18)21(27)25-13-3-4-19(25)16-9-11-23-12-10-16/h5-12,19H,3-4,13H2,1-2H3. The predicted octanol–water partition coefficient (Wildman–Crippen LogP) is 4.62. The average molecular weight is 425 g/mol. The van der Waals surface area contributed by atoms with Crippen molar-refractivity contribution in [2.24, 2.45) is 0 Å². The van der Waals surface area contributed by atoms with Gasteiger partial charge in [0.2, 0.25) is 0 Å². The van der Waals surface area contributed by atoms with Crippen LogP contribution in [0.15, 0.2) is 53.3 Å². The molecule has 1 atom stereocenters. The van der Waals surface area contributed by atoms with Crippen molar-refractivity contribution in [1.29, 1.82) is 0 Å². The second kappa shape index (κ2) is 7.27. The lowest BCUT2D eigenvalue weighted by Gasteiger charge is -2.25. The van der Waals surface area contributed by atoms with Crippen LogP contribution in [0.1, 0.15) is 46.2 Å². The van der Waals surface area contributed by atoms with Crippen LogP contribution >= 0.6 is 15.9 Å². The van der Waals surface area contributed by atoms with E-state index < -0.39 is 0 Å². The highest BCUT2D eigenvalue weighted by atomic mass is 79.9. The molecule has 5 nitrogen and oxygen atoms in total. The summed E-state index contributed by atoms with van der Waals surface area (Å²) < 4.78 is 2.91. The minimum absolute atomic E-state index is 0.0791. The second-order valence-electron chi connectivity index (χ2n) is 6.88. The van der Waals surface area contributed by atoms with E-state index in [0.717, 1.165) is 46.5 Å². The number of aromatic nitrogens is 3. The van der Waals surface area contributed by atoms with Gasteiger partial charge < -0.3 is 4.90 Å². The number of amides is 1. The van der Waals surface area contributed by atoms with Crippen LogP contribution in [0.25, 0.3) is 5.69 Å². The lowest BCUT2D eigenvalue weighted by atomic mass is 10.1. The summed E-state index contributed by atoms with van der Waals surface area (Å²) in [7, 11) is 0. The van der Waals surface area contributed by atoms with Crippen LogP contribution in [0.4, 0.5) is 0 Å². The largest absolute Gasteiger partial charge is 0.332 e. The number of halogens is 1. The zero-order chi connectivity index (χ0) is 19.0. The van der Waals surface area contributed by atoms with Gasteiger partial charge >= 0.3 is 0 Å². The molecule has 1 aromatic carbocycles. The molecule has 2 aromatic heterocycles. The summed E-state index contributed by atoms with van der Waals surface area (Å²) in [6, 6.07) is 11.8. The van der Waals surface area contributed by atoms with Gasteiger partial charge in [-0.3, -0.25) is 9.78 Å². The third-order valence-corrected chi connectivity index (χ3v) is 6.31. The lowest BCUT2D eigenvalue weighted by Crippen LogP contribution is -2.30. The maximum Gasteiger partial charge on any atom is 0.254 e. The van der Waals surface area contributed by atoms with E-state index >= 15 is 0 Å². The van der Waals surface area contributed by atoms with Crippen LogP contribution in [-0.2, 0) is 0 Å². The van der Waals surface area contributed by atoms with Gasteiger partial charge in [0.1, 0.15) is 0 Å². The number of carbonyl (C=O) groups excluding carboxylic acids is 1. The van der Waals surface area contributed by atoms with Gasteiger partial charge in [-0.2, -0.15) is 5.10 Å². The Morgan fingerprint density at radius 3 is 2.44 bits per heavy atom. The van der Waals surface area contributed by atoms with E-state index in [2.05, 4.69) is 26.0 Å². The zero-order valence-electron chi connectivity index (χ0n) is 15.4. The topological polar surface area (TPSA) is 51.0 Å². The molecule has 0 aliphatic carbocycles. The Morgan fingerprint density at radius 1 is 1.11 bits per heavy atom. The molecule has 1 saturated heterocycles. The molecule has 4 rings (SSSR count). The van der Waals surface area contributed by atoms with Crippen LogP contribution in [0.5, 0.6) is 0 Å². The van der Waals surface area contributed by atoms with Crippen molar-refractivity contribution in [2.75, 3.05) is 6.54 Å². The number of carbonyl (C=O) groups is 1. The molecule has 0 radical (unpaired) electrons. The summed E-state index contributed by atoms with van der Waals surface area (Å²) >= 11 is 3.56. The van der Waals surface area contributed by atoms with Gasteiger partial charge in [-0.25, -0.2) is 4.68 Å². The highest BCUT2D eigenvalue weighted by Crippen LogP contribution is 2.33. The van der Waals surface area contributed by atoms with E-state index in [0.29, 0.717) is 5.56 Å². The Morgan fingerprint density at radius 2 is 1.81 bits per heavy atom. The predicted molar refractivity (Wildman–Crippen MR) is 108 cm³/mol. The first-order chi connectivity index (χ1) is 13.1. The first-order valence-electron chi connectivity index (χ1n) is 9.09. The molecule has 1 aliphatic heterocycles. The molecule has 3 heterocycles. The van der Waals surface area contributed by atoms with E-state index in [1.807, 2.05) is 59.8 Å². The number of nitrogens with zero attached hydrogens (tertiary/aromatic N) is 4. The van der Waals surface area contributed by atoms with Crippen LogP contribution in [-0.4, -0.2) is 32.1 Å². The molecule has 1 fully saturated rings. The number of hydrogen-bond acceptors (Lipinski definition) is 3. The number of benzene rings is 1. The van der Waals surface area contributed by atoms with E-state index in [1.54, 1.807) is 12.4 Å². The summed E-state index contributed by atoms with van der Waals surface area (Å²) in [4.78, 5) is 19.1. The minimum atomic E-state index is 0.0791. The first kappa shape index (κ1) is 17.9. The Labute approximate surface area is 167 Å². The molecule has 1 amide bonds. The molecule has 0 spiro atoms. The van der Waals surface area contributed by atoms with Crippen molar-refractivity contribution in [3.63, 3.8) is 0 Å². The van der Waals surface area contributed by atoms with Crippen molar-refractivity contribution in [1.82, 2.24) is 19.7 Å². The zero-order valence-corrected chi connectivity index (χ0v) is 17.0. The van der Waals surface area contributed by atoms with Gasteiger partial charge in [0, 0.05) is 24.5 Å². The van der Waals surface area contributed by atoms with Crippen molar-refractivity contribution >= 4 is 21.8 Å². The van der Waals surface area contributed by atoms with Crippen LogP contribution in [0.3, 0.4) is 0 Å². The number of likely N-dealkylation sites (tertiary alicyclic amines) is 1. The van der Waals surface area contributed by atoms with E-state index in [1.165, 1.54) is 0 Å². The SMILES string of the molecule is Cc1nn(-c2ccc(C(=O)N3CCCC3c3ccncc3)cc2)c(C)c1Br. The van der Waals surface area contributed by atoms with Crippen molar-refractivity contribution in [2.45, 2.75) is 32.7 Å². The fourth-order valence-electron chi connectivity index (χ4n) is 3.73. The van der Waals surface area contributed by atoms with Gasteiger partial charge in [-0.15, -0.1) is 0 Å². The second-order valence-corrected chi connectivity index (χ2v) is 7.67. The van der Waals surface area contributed by atoms with Crippen molar-refractivity contribution in [3.8, 4) is 5.69 Å². The Balaban J connectivity index is 1.58. The van der Waals surface area contributed by atoms with Crippen LogP contribution in [0, 0.1) is 13.8 Å². The molecule has 0 bridgehead atoms. The number of hydrogen-bond donors (Lipinski definition) is 0. The molecular weight excluding hydrogens is 404 g/mol. The summed E-state index contributed by atoms with van der Waals surface area (Å²) in [5.41, 5.74) is 4.80. The van der Waals surface area contributed by atoms with Crippen LogP contribution in [0.2, 0.25) is 0 Å². The van der Waals surface area contributed by atoms with Gasteiger partial charge in [-0.05, 0) is 84.6 Å². The van der Waals surface area contributed by atoms with Crippen molar-refractivity contribution in [3.05, 3.63) is 75.8 Å². The Hall–Kier alpha value is -2.47. The molecule has 1 aliphatic rings. The quantitative estimate of drug-likeness (QED) is 0.615. The first-order valence-corrected chi connectivity index (χ1v) is 9.88. The minimum Gasteiger partial charge on any atom is -0.332 e. The highest BCUT2D eigenvalue weighted by molar-refractivity contribution is 9.10. The molecule has 1 unspecified atom stereocenters. The van der Waals surface area contributed by atoms with Crippen LogP contribution < -0.4 is 0 Å². The van der Waals surface area contributed by atoms with Gasteiger partial charge in [0.15, 0.2) is 0 Å². The molecular formula is C21H21BrN4O. The maximum absolute atomic E-state index is 13.1. The Bertz CT molecular complexity index is 966. The summed E-state index contributed by atoms with van der Waals surface area (Å²) in [6.07, 6.45) is 5.60. The van der Waals surface area contributed by atoms with E-state index in [4.69, 9.17) is 0 Å². The van der Waals surface area contributed by atoms with Gasteiger partial charge in [0.05, 0.1) is 27.6 Å². The van der Waals surface area contributed by atoms with Crippen molar-refractivity contribution < 1.29 is 4.79 Å². The fraction of sp³-hybridized carbons (Fsp3) is 0.286. The third kappa shape index (κ3) is 3.30. The molecule has 138 valence electrons. The molecule has 3 aromatic rings. The van der Waals surface area contributed by atoms with Gasteiger partial charge in [-0.1, -0.05) is 0 Å². The Kier molecular flexibility index (Phi) is 4.83. The van der Waals surface area contributed by atoms with E-state index in [-0.39, 0.29) is 11.9 Å². The number of rotatable bonds is 3. The maximum atomic E-state index is 13.1. The van der Waals surface area contributed by atoms with Gasteiger partial charge in [0.25, 0.3) is 5.91 Å². The molecule has 6 heteroatoms. The lowest BCUT2D eigenvalue weighted by molar-refractivity contribution is 0.0735. The summed E-state index contributed by atoms with van der Waals surface area (Å²) in [5.74, 6) is 0.0791. The molecule has 27 heavy (non-hydrogen) atoms. The van der Waals surface area contributed by atoms with E-state index in [9.17, 15) is 4.79 Å². The normalized spacial score (nSPS) is 16.7. The summed E-state index contributed by atoms with van der Waals surface area (Å²) in [6.45, 7) is 4.78. The highest BCUT2D eigenvalue weighted by Gasteiger charge is 2.30. The summed E-state index contributed by atoms with van der Waals surface area (Å²) in [5, 5.41) is 4.55. The fourth-order valence-corrected chi connectivity index (χ4v) is 3.98. The third-order valence-electron chi connectivity index (χ3n) is 5.17. The molecule has 0 saturated carbocycles.